The summed E-state index contributed by atoms with van der Waals surface area (Å²) in [5.74, 6) is -0.118. The molecule has 0 unspecified atom stereocenters. The molecule has 5 nitrogen and oxygen atoms in total. The fourth-order valence-corrected chi connectivity index (χ4v) is 1.46. The average Bonchev–Trinajstić information content (AvgIpc) is 2.18. The van der Waals surface area contributed by atoms with E-state index < -0.39 is 0 Å². The monoisotopic (exact) mass is 191 g/mol. The van der Waals surface area contributed by atoms with Crippen LogP contribution in [0, 0.1) is 0 Å². The smallest absolute Gasteiger partial charge is 0.244 e. The van der Waals surface area contributed by atoms with Crippen LogP contribution in [-0.4, -0.2) is 30.3 Å². The van der Waals surface area contributed by atoms with Gasteiger partial charge in [-0.2, -0.15) is 0 Å². The fourth-order valence-electron chi connectivity index (χ4n) is 1.46. The minimum atomic E-state index is -0.118. The molecule has 0 bridgehead atoms. The lowest BCUT2D eigenvalue weighted by Gasteiger charge is -2.28. The van der Waals surface area contributed by atoms with Crippen LogP contribution in [0.1, 0.15) is 0 Å². The van der Waals surface area contributed by atoms with E-state index in [2.05, 4.69) is 10.3 Å². The first kappa shape index (κ1) is 8.68. The highest BCUT2D eigenvalue weighted by atomic mass is 16.2. The number of amides is 1. The zero-order valence-corrected chi connectivity index (χ0v) is 7.43. The zero-order chi connectivity index (χ0) is 9.97. The predicted molar refractivity (Wildman–Crippen MR) is 51.1 cm³/mol. The van der Waals surface area contributed by atoms with Crippen LogP contribution in [0.2, 0.25) is 0 Å². The van der Waals surface area contributed by atoms with Gasteiger partial charge in [-0.25, -0.2) is 0 Å². The molecule has 0 aliphatic carbocycles. The number of rotatable bonds is 2. The van der Waals surface area contributed by atoms with Crippen LogP contribution >= 0.6 is 0 Å². The second-order valence-corrected chi connectivity index (χ2v) is 2.99. The van der Waals surface area contributed by atoms with Crippen molar-refractivity contribution in [3.8, 4) is 0 Å². The molecule has 1 aromatic rings. The normalized spacial score (nSPS) is 14.6. The SMILES string of the molecule is O=CCN1CC(=O)Nc2cnccc21. The molecule has 14 heavy (non-hydrogen) atoms. The van der Waals surface area contributed by atoms with Crippen LogP contribution in [0.25, 0.3) is 0 Å². The molecule has 0 aromatic carbocycles. The summed E-state index contributed by atoms with van der Waals surface area (Å²) >= 11 is 0. The van der Waals surface area contributed by atoms with Gasteiger partial charge >= 0.3 is 0 Å². The molecule has 0 radical (unpaired) electrons. The van der Waals surface area contributed by atoms with Crippen LogP contribution < -0.4 is 10.2 Å². The molecule has 0 saturated heterocycles. The highest BCUT2D eigenvalue weighted by molar-refractivity contribution is 6.01. The quantitative estimate of drug-likeness (QED) is 0.670. The van der Waals surface area contributed by atoms with Crippen molar-refractivity contribution in [3.05, 3.63) is 18.5 Å². The van der Waals surface area contributed by atoms with Gasteiger partial charge in [0.15, 0.2) is 0 Å². The van der Waals surface area contributed by atoms with Gasteiger partial charge in [-0.15, -0.1) is 0 Å². The lowest BCUT2D eigenvalue weighted by Crippen LogP contribution is -2.39. The number of aromatic nitrogens is 1. The van der Waals surface area contributed by atoms with Crippen molar-refractivity contribution in [2.24, 2.45) is 0 Å². The summed E-state index contributed by atoms with van der Waals surface area (Å²) in [7, 11) is 0. The molecule has 0 spiro atoms. The second kappa shape index (κ2) is 3.45. The van der Waals surface area contributed by atoms with Crippen molar-refractivity contribution >= 4 is 23.6 Å². The molecule has 1 N–H and O–H groups in total. The maximum absolute atomic E-state index is 11.2. The fraction of sp³-hybridized carbons (Fsp3) is 0.222. The largest absolute Gasteiger partial charge is 0.353 e. The molecule has 5 heteroatoms. The maximum atomic E-state index is 11.2. The van der Waals surface area contributed by atoms with E-state index in [1.165, 1.54) is 0 Å². The average molecular weight is 191 g/mol. The number of aldehydes is 1. The molecular weight excluding hydrogens is 182 g/mol. The van der Waals surface area contributed by atoms with Crippen LogP contribution in [0.5, 0.6) is 0 Å². The molecular formula is C9H9N3O2. The van der Waals surface area contributed by atoms with Crippen molar-refractivity contribution in [1.82, 2.24) is 4.98 Å². The second-order valence-electron chi connectivity index (χ2n) is 2.99. The van der Waals surface area contributed by atoms with Gasteiger partial charge in [0, 0.05) is 6.20 Å². The Morgan fingerprint density at radius 3 is 3.29 bits per heavy atom. The Bertz CT molecular complexity index is 378. The molecule has 72 valence electrons. The van der Waals surface area contributed by atoms with Crippen molar-refractivity contribution in [1.29, 1.82) is 0 Å². The number of nitrogens with one attached hydrogen (secondary N) is 1. The third kappa shape index (κ3) is 1.44. The summed E-state index contributed by atoms with van der Waals surface area (Å²) in [6.07, 6.45) is 3.99. The number of anilines is 2. The standard InChI is InChI=1S/C9H9N3O2/c13-4-3-12-6-9(14)11-7-5-10-2-1-8(7)12/h1-2,4-5H,3,6H2,(H,11,14). The summed E-state index contributed by atoms with van der Waals surface area (Å²) in [6, 6.07) is 1.78. The first-order chi connectivity index (χ1) is 6.81. The number of pyridine rings is 1. The van der Waals surface area contributed by atoms with E-state index >= 15 is 0 Å². The van der Waals surface area contributed by atoms with E-state index in [1.54, 1.807) is 23.4 Å². The molecule has 1 aliphatic heterocycles. The Morgan fingerprint density at radius 2 is 2.50 bits per heavy atom. The zero-order valence-electron chi connectivity index (χ0n) is 7.43. The Hall–Kier alpha value is -1.91. The van der Waals surface area contributed by atoms with Gasteiger partial charge < -0.3 is 15.0 Å². The van der Waals surface area contributed by atoms with E-state index in [0.29, 0.717) is 5.69 Å². The third-order valence-corrected chi connectivity index (χ3v) is 2.04. The van der Waals surface area contributed by atoms with Crippen LogP contribution in [0.15, 0.2) is 18.5 Å². The molecule has 0 atom stereocenters. The van der Waals surface area contributed by atoms with E-state index in [-0.39, 0.29) is 19.0 Å². The number of hydrogen-bond donors (Lipinski definition) is 1. The highest BCUT2D eigenvalue weighted by Gasteiger charge is 2.20. The molecule has 1 aromatic heterocycles. The minimum absolute atomic E-state index is 0.118. The summed E-state index contributed by atoms with van der Waals surface area (Å²) in [6.45, 7) is 0.445. The molecule has 2 heterocycles. The van der Waals surface area contributed by atoms with E-state index in [9.17, 15) is 9.59 Å². The van der Waals surface area contributed by atoms with Gasteiger partial charge in [0.2, 0.25) is 5.91 Å². The minimum Gasteiger partial charge on any atom is -0.353 e. The van der Waals surface area contributed by atoms with Gasteiger partial charge in [-0.3, -0.25) is 9.78 Å². The number of carbonyl (C=O) groups is 2. The lowest BCUT2D eigenvalue weighted by molar-refractivity contribution is -0.115. The van der Waals surface area contributed by atoms with Gasteiger partial charge in [-0.05, 0) is 6.07 Å². The lowest BCUT2D eigenvalue weighted by atomic mass is 10.2. The van der Waals surface area contributed by atoms with Crippen LogP contribution in [0.4, 0.5) is 11.4 Å². The van der Waals surface area contributed by atoms with E-state index in [1.807, 2.05) is 0 Å². The van der Waals surface area contributed by atoms with E-state index in [4.69, 9.17) is 0 Å². The molecule has 1 amide bonds. The van der Waals surface area contributed by atoms with Crippen molar-refractivity contribution in [2.75, 3.05) is 23.3 Å². The third-order valence-electron chi connectivity index (χ3n) is 2.04. The summed E-state index contributed by atoms with van der Waals surface area (Å²) in [5.41, 5.74) is 1.50. The highest BCUT2D eigenvalue weighted by Crippen LogP contribution is 2.26. The van der Waals surface area contributed by atoms with Gasteiger partial charge in [0.05, 0.1) is 30.7 Å². The van der Waals surface area contributed by atoms with Crippen molar-refractivity contribution in [2.45, 2.75) is 0 Å². The van der Waals surface area contributed by atoms with Crippen molar-refractivity contribution < 1.29 is 9.59 Å². The number of fused-ring (bicyclic) bond motifs is 1. The first-order valence-corrected chi connectivity index (χ1v) is 4.23. The van der Waals surface area contributed by atoms with E-state index in [0.717, 1.165) is 12.0 Å². The summed E-state index contributed by atoms with van der Waals surface area (Å²) in [4.78, 5) is 27.2. The Labute approximate surface area is 80.7 Å². The molecule has 0 saturated carbocycles. The molecule has 1 aliphatic rings. The van der Waals surface area contributed by atoms with Gasteiger partial charge in [0.1, 0.15) is 6.29 Å². The maximum Gasteiger partial charge on any atom is 0.244 e. The molecule has 0 fully saturated rings. The number of hydrogen-bond acceptors (Lipinski definition) is 4. The molecule has 2 rings (SSSR count). The van der Waals surface area contributed by atoms with Crippen molar-refractivity contribution in [3.63, 3.8) is 0 Å². The predicted octanol–water partition coefficient (Wildman–Crippen LogP) is 0.0390. The Morgan fingerprint density at radius 1 is 1.64 bits per heavy atom. The summed E-state index contributed by atoms with van der Waals surface area (Å²) < 4.78 is 0. The number of nitrogens with zero attached hydrogens (tertiary/aromatic N) is 2. The van der Waals surface area contributed by atoms with Crippen LogP contribution in [0.3, 0.4) is 0 Å². The first-order valence-electron chi connectivity index (χ1n) is 4.23. The van der Waals surface area contributed by atoms with Gasteiger partial charge in [-0.1, -0.05) is 0 Å². The summed E-state index contributed by atoms with van der Waals surface area (Å²) in [5, 5.41) is 2.69. The number of carbonyl (C=O) groups excluding carboxylic acids is 2. The Balaban J connectivity index is 2.37. The Kier molecular flexibility index (Phi) is 2.14. The van der Waals surface area contributed by atoms with Crippen LogP contribution in [-0.2, 0) is 9.59 Å². The topological polar surface area (TPSA) is 62.3 Å². The van der Waals surface area contributed by atoms with Gasteiger partial charge in [0.25, 0.3) is 0 Å².